The summed E-state index contributed by atoms with van der Waals surface area (Å²) in [5.41, 5.74) is 5.20. The second-order valence-electron chi connectivity index (χ2n) is 6.19. The molecule has 0 unspecified atom stereocenters. The van der Waals surface area contributed by atoms with Crippen molar-refractivity contribution in [1.82, 2.24) is 24.6 Å². The molecule has 0 spiro atoms. The van der Waals surface area contributed by atoms with Gasteiger partial charge in [-0.3, -0.25) is 4.90 Å². The van der Waals surface area contributed by atoms with Gasteiger partial charge in [0.15, 0.2) is 12.8 Å². The van der Waals surface area contributed by atoms with Crippen LogP contribution in [-0.2, 0) is 19.6 Å². The predicted molar refractivity (Wildman–Crippen MR) is 94.3 cm³/mol. The zero-order valence-corrected chi connectivity index (χ0v) is 14.4. The van der Waals surface area contributed by atoms with E-state index in [9.17, 15) is 0 Å². The Balaban J connectivity index is 1.63. The number of oxazole rings is 2. The molecule has 0 fully saturated rings. The minimum absolute atomic E-state index is 0.649. The molecule has 1 aromatic carbocycles. The molecule has 0 amide bonds. The summed E-state index contributed by atoms with van der Waals surface area (Å²) in [6.07, 6.45) is 9.97. The van der Waals surface area contributed by atoms with E-state index in [2.05, 4.69) is 45.1 Å². The molecule has 7 nitrogen and oxygen atoms in total. The summed E-state index contributed by atoms with van der Waals surface area (Å²) >= 11 is 0. The Morgan fingerprint density at radius 3 is 2.31 bits per heavy atom. The minimum atomic E-state index is 0.649. The molecule has 0 saturated heterocycles. The molecule has 0 N–H and O–H groups in total. The van der Waals surface area contributed by atoms with Crippen molar-refractivity contribution in [1.29, 1.82) is 0 Å². The average molecular weight is 349 g/mol. The molecule has 7 heteroatoms. The number of benzene rings is 1. The van der Waals surface area contributed by atoms with Gasteiger partial charge >= 0.3 is 0 Å². The second kappa shape index (κ2) is 7.37. The summed E-state index contributed by atoms with van der Waals surface area (Å²) in [6.45, 7) is 4.11. The SMILES string of the molecule is Cc1ccc(-n2cccn2)c(CN(Cc2cocn2)Cc2cocn2)c1. The maximum Gasteiger partial charge on any atom is 0.180 e. The third kappa shape index (κ3) is 3.73. The molecule has 4 aromatic rings. The third-order valence-electron chi connectivity index (χ3n) is 4.12. The first-order valence-electron chi connectivity index (χ1n) is 8.34. The van der Waals surface area contributed by atoms with Gasteiger partial charge in [-0.15, -0.1) is 0 Å². The van der Waals surface area contributed by atoms with E-state index in [0.29, 0.717) is 13.1 Å². The summed E-state index contributed by atoms with van der Waals surface area (Å²) in [6, 6.07) is 8.31. The fourth-order valence-electron chi connectivity index (χ4n) is 2.97. The van der Waals surface area contributed by atoms with Crippen LogP contribution in [0.1, 0.15) is 22.5 Å². The molecule has 3 heterocycles. The highest BCUT2D eigenvalue weighted by Crippen LogP contribution is 2.20. The van der Waals surface area contributed by atoms with Crippen LogP contribution >= 0.6 is 0 Å². The van der Waals surface area contributed by atoms with Crippen molar-refractivity contribution in [2.24, 2.45) is 0 Å². The standard InChI is InChI=1S/C19H19N5O2/c1-15-3-4-19(24-6-2-5-22-24)16(7-15)8-23(9-17-11-25-13-20-17)10-18-12-26-14-21-18/h2-7,11-14H,8-10H2,1H3. The van der Waals surface area contributed by atoms with E-state index < -0.39 is 0 Å². The molecule has 0 radical (unpaired) electrons. The van der Waals surface area contributed by atoms with E-state index in [-0.39, 0.29) is 0 Å². The Morgan fingerprint density at radius 1 is 1.00 bits per heavy atom. The Labute approximate surface area is 150 Å². The Morgan fingerprint density at radius 2 is 1.73 bits per heavy atom. The van der Waals surface area contributed by atoms with Crippen molar-refractivity contribution < 1.29 is 8.83 Å². The van der Waals surface area contributed by atoms with E-state index in [1.165, 1.54) is 23.9 Å². The number of aryl methyl sites for hydroxylation is 1. The van der Waals surface area contributed by atoms with E-state index in [1.54, 1.807) is 18.7 Å². The van der Waals surface area contributed by atoms with Crippen molar-refractivity contribution in [3.8, 4) is 5.69 Å². The van der Waals surface area contributed by atoms with Crippen LogP contribution in [0.2, 0.25) is 0 Å². The number of rotatable bonds is 7. The highest BCUT2D eigenvalue weighted by molar-refractivity contribution is 5.42. The quantitative estimate of drug-likeness (QED) is 0.509. The van der Waals surface area contributed by atoms with Crippen LogP contribution in [0.4, 0.5) is 0 Å². The molecule has 132 valence electrons. The van der Waals surface area contributed by atoms with Crippen LogP contribution in [-0.4, -0.2) is 24.6 Å². The van der Waals surface area contributed by atoms with Gasteiger partial charge < -0.3 is 8.83 Å². The average Bonchev–Trinajstić information content (AvgIpc) is 3.39. The van der Waals surface area contributed by atoms with Crippen molar-refractivity contribution in [2.75, 3.05) is 0 Å². The van der Waals surface area contributed by atoms with E-state index in [0.717, 1.165) is 23.6 Å². The molecule has 0 bridgehead atoms. The van der Waals surface area contributed by atoms with Crippen molar-refractivity contribution in [3.05, 3.63) is 84.5 Å². The topological polar surface area (TPSA) is 73.1 Å². The molecule has 0 aliphatic heterocycles. The van der Waals surface area contributed by atoms with Crippen LogP contribution in [0.15, 0.2) is 70.8 Å². The van der Waals surface area contributed by atoms with Crippen molar-refractivity contribution in [2.45, 2.75) is 26.6 Å². The lowest BCUT2D eigenvalue weighted by Crippen LogP contribution is -2.23. The number of hydrogen-bond acceptors (Lipinski definition) is 6. The first-order chi connectivity index (χ1) is 12.8. The summed E-state index contributed by atoms with van der Waals surface area (Å²) in [7, 11) is 0. The van der Waals surface area contributed by atoms with Gasteiger partial charge in [-0.25, -0.2) is 14.6 Å². The maximum absolute atomic E-state index is 5.12. The predicted octanol–water partition coefficient (Wildman–Crippen LogP) is 3.36. The fraction of sp³-hybridized carbons (Fsp3) is 0.211. The van der Waals surface area contributed by atoms with Crippen LogP contribution in [0.25, 0.3) is 5.69 Å². The number of hydrogen-bond donors (Lipinski definition) is 0. The Kier molecular flexibility index (Phi) is 4.61. The lowest BCUT2D eigenvalue weighted by molar-refractivity contribution is 0.241. The Hall–Kier alpha value is -3.19. The molecular formula is C19H19N5O2. The van der Waals surface area contributed by atoms with Crippen LogP contribution < -0.4 is 0 Å². The molecule has 4 rings (SSSR count). The van der Waals surface area contributed by atoms with Gasteiger partial charge in [0, 0.05) is 32.0 Å². The largest absolute Gasteiger partial charge is 0.451 e. The van der Waals surface area contributed by atoms with Crippen LogP contribution in [0.5, 0.6) is 0 Å². The van der Waals surface area contributed by atoms with Gasteiger partial charge in [0.2, 0.25) is 0 Å². The van der Waals surface area contributed by atoms with Gasteiger partial charge in [0.25, 0.3) is 0 Å². The smallest absolute Gasteiger partial charge is 0.180 e. The summed E-state index contributed by atoms with van der Waals surface area (Å²) in [5, 5.41) is 4.38. The third-order valence-corrected chi connectivity index (χ3v) is 4.12. The first-order valence-corrected chi connectivity index (χ1v) is 8.34. The second-order valence-corrected chi connectivity index (χ2v) is 6.19. The lowest BCUT2D eigenvalue weighted by Gasteiger charge is -2.22. The molecule has 0 saturated carbocycles. The van der Waals surface area contributed by atoms with Gasteiger partial charge in [-0.1, -0.05) is 17.7 Å². The highest BCUT2D eigenvalue weighted by Gasteiger charge is 2.15. The summed E-state index contributed by atoms with van der Waals surface area (Å²) in [5.74, 6) is 0. The van der Waals surface area contributed by atoms with E-state index in [1.807, 2.05) is 16.9 Å². The van der Waals surface area contributed by atoms with Crippen LogP contribution in [0, 0.1) is 6.92 Å². The van der Waals surface area contributed by atoms with Crippen LogP contribution in [0.3, 0.4) is 0 Å². The Bertz CT molecular complexity index is 894. The van der Waals surface area contributed by atoms with Gasteiger partial charge in [0.05, 0.1) is 17.1 Å². The highest BCUT2D eigenvalue weighted by atomic mass is 16.3. The summed E-state index contributed by atoms with van der Waals surface area (Å²) in [4.78, 5) is 10.7. The molecule has 3 aromatic heterocycles. The molecule has 0 atom stereocenters. The van der Waals surface area contributed by atoms with Gasteiger partial charge in [-0.2, -0.15) is 5.10 Å². The molecule has 0 aliphatic carbocycles. The van der Waals surface area contributed by atoms with E-state index >= 15 is 0 Å². The normalized spacial score (nSPS) is 11.3. The first kappa shape index (κ1) is 16.3. The molecular weight excluding hydrogens is 330 g/mol. The van der Waals surface area contributed by atoms with Gasteiger partial charge in [-0.05, 0) is 24.6 Å². The number of aromatic nitrogens is 4. The zero-order valence-electron chi connectivity index (χ0n) is 14.4. The number of nitrogens with zero attached hydrogens (tertiary/aromatic N) is 5. The minimum Gasteiger partial charge on any atom is -0.451 e. The molecule has 26 heavy (non-hydrogen) atoms. The van der Waals surface area contributed by atoms with Crippen molar-refractivity contribution >= 4 is 0 Å². The van der Waals surface area contributed by atoms with E-state index in [4.69, 9.17) is 8.83 Å². The lowest BCUT2D eigenvalue weighted by atomic mass is 10.1. The maximum atomic E-state index is 5.12. The zero-order chi connectivity index (χ0) is 17.8. The molecule has 0 aliphatic rings. The van der Waals surface area contributed by atoms with Gasteiger partial charge in [0.1, 0.15) is 12.5 Å². The summed E-state index contributed by atoms with van der Waals surface area (Å²) < 4.78 is 12.1. The van der Waals surface area contributed by atoms with Crippen molar-refractivity contribution in [3.63, 3.8) is 0 Å². The monoisotopic (exact) mass is 349 g/mol. The fourth-order valence-corrected chi connectivity index (χ4v) is 2.97.